The maximum atomic E-state index is 12.2. The number of hydrogen-bond donors (Lipinski definition) is 1. The summed E-state index contributed by atoms with van der Waals surface area (Å²) < 4.78 is 4.67. The highest BCUT2D eigenvalue weighted by molar-refractivity contribution is 5.85. The first-order valence-corrected chi connectivity index (χ1v) is 7.17. The van der Waals surface area contributed by atoms with Gasteiger partial charge in [-0.25, -0.2) is 4.79 Å². The van der Waals surface area contributed by atoms with Crippen LogP contribution >= 0.6 is 0 Å². The summed E-state index contributed by atoms with van der Waals surface area (Å²) in [6.07, 6.45) is 0.841. The molecule has 122 valence electrons. The topological polar surface area (TPSA) is 98.5 Å². The monoisotopic (exact) mass is 302 g/mol. The fourth-order valence-electron chi connectivity index (χ4n) is 2.13. The van der Waals surface area contributed by atoms with E-state index in [9.17, 15) is 19.7 Å². The van der Waals surface area contributed by atoms with Crippen LogP contribution in [0, 0.1) is 27.9 Å². The maximum absolute atomic E-state index is 12.2. The van der Waals surface area contributed by atoms with Crippen LogP contribution in [0.25, 0.3) is 0 Å². The second-order valence-corrected chi connectivity index (χ2v) is 6.06. The highest BCUT2D eigenvalue weighted by atomic mass is 16.6. The van der Waals surface area contributed by atoms with Gasteiger partial charge < -0.3 is 10.1 Å². The first-order valence-electron chi connectivity index (χ1n) is 7.17. The van der Waals surface area contributed by atoms with E-state index in [2.05, 4.69) is 10.1 Å². The van der Waals surface area contributed by atoms with Crippen molar-refractivity contribution in [1.29, 1.82) is 0 Å². The predicted octanol–water partition coefficient (Wildman–Crippen LogP) is 1.63. The number of nitrogens with zero attached hydrogens (tertiary/aromatic N) is 1. The quantitative estimate of drug-likeness (QED) is 0.396. The number of nitrogens with one attached hydrogen (secondary N) is 1. The molecule has 1 amide bonds. The van der Waals surface area contributed by atoms with Gasteiger partial charge in [0, 0.05) is 4.92 Å². The molecule has 21 heavy (non-hydrogen) atoms. The molecule has 0 fully saturated rings. The number of rotatable bonds is 9. The molecule has 0 bridgehead atoms. The molecule has 0 aliphatic rings. The Labute approximate surface area is 125 Å². The lowest BCUT2D eigenvalue weighted by atomic mass is 9.95. The summed E-state index contributed by atoms with van der Waals surface area (Å²) in [7, 11) is 1.25. The summed E-state index contributed by atoms with van der Waals surface area (Å²) in [5.74, 6) is -1.38. The van der Waals surface area contributed by atoms with Crippen molar-refractivity contribution in [2.24, 2.45) is 17.8 Å². The molecular formula is C14H26N2O5. The van der Waals surface area contributed by atoms with Crippen LogP contribution in [0.3, 0.4) is 0 Å². The Morgan fingerprint density at radius 2 is 1.67 bits per heavy atom. The van der Waals surface area contributed by atoms with E-state index >= 15 is 0 Å². The van der Waals surface area contributed by atoms with Gasteiger partial charge in [-0.3, -0.25) is 14.9 Å². The molecule has 0 rings (SSSR count). The molecule has 1 N–H and O–H groups in total. The summed E-state index contributed by atoms with van der Waals surface area (Å²) in [5.41, 5.74) is 0. The molecule has 0 radical (unpaired) electrons. The number of carbonyl (C=O) groups is 2. The summed E-state index contributed by atoms with van der Waals surface area (Å²) >= 11 is 0. The average molecular weight is 302 g/mol. The van der Waals surface area contributed by atoms with E-state index < -0.39 is 35.3 Å². The summed E-state index contributed by atoms with van der Waals surface area (Å²) in [6, 6.07) is -0.760. The van der Waals surface area contributed by atoms with E-state index in [1.165, 1.54) is 7.11 Å². The summed E-state index contributed by atoms with van der Waals surface area (Å²) in [4.78, 5) is 34.1. The average Bonchev–Trinajstić information content (AvgIpc) is 2.34. The van der Waals surface area contributed by atoms with Crippen molar-refractivity contribution in [3.05, 3.63) is 10.1 Å². The SMILES string of the molecule is COC(=O)[C@H](CC(C)C)NC(=O)[C@@H](CC(C)C)C[N+](=O)[O-]. The van der Waals surface area contributed by atoms with Gasteiger partial charge in [-0.15, -0.1) is 0 Å². The number of methoxy groups -OCH3 is 1. The van der Waals surface area contributed by atoms with Gasteiger partial charge in [0.2, 0.25) is 12.5 Å². The molecule has 0 unspecified atom stereocenters. The third-order valence-electron chi connectivity index (χ3n) is 3.01. The molecule has 7 heteroatoms. The Hall–Kier alpha value is -1.66. The van der Waals surface area contributed by atoms with Gasteiger partial charge >= 0.3 is 5.97 Å². The number of esters is 1. The second-order valence-electron chi connectivity index (χ2n) is 6.06. The zero-order chi connectivity index (χ0) is 16.6. The second kappa shape index (κ2) is 9.31. The van der Waals surface area contributed by atoms with E-state index in [-0.39, 0.29) is 11.8 Å². The lowest BCUT2D eigenvalue weighted by molar-refractivity contribution is -0.486. The number of carbonyl (C=O) groups excluding carboxylic acids is 2. The fourth-order valence-corrected chi connectivity index (χ4v) is 2.13. The first kappa shape index (κ1) is 19.3. The minimum Gasteiger partial charge on any atom is -0.467 e. The minimum absolute atomic E-state index is 0.155. The molecule has 2 atom stereocenters. The van der Waals surface area contributed by atoms with E-state index in [0.717, 1.165) is 0 Å². The zero-order valence-electron chi connectivity index (χ0n) is 13.4. The van der Waals surface area contributed by atoms with Gasteiger partial charge in [-0.2, -0.15) is 0 Å². The lowest BCUT2D eigenvalue weighted by Crippen LogP contribution is -2.46. The van der Waals surface area contributed by atoms with Crippen molar-refractivity contribution in [2.75, 3.05) is 13.7 Å². The Morgan fingerprint density at radius 3 is 2.05 bits per heavy atom. The molecular weight excluding hydrogens is 276 g/mol. The van der Waals surface area contributed by atoms with Gasteiger partial charge in [0.1, 0.15) is 12.0 Å². The van der Waals surface area contributed by atoms with Crippen LogP contribution in [-0.4, -0.2) is 36.5 Å². The first-order chi connectivity index (χ1) is 9.67. The Bertz CT molecular complexity index is 368. The molecule has 0 aliphatic carbocycles. The van der Waals surface area contributed by atoms with Crippen molar-refractivity contribution in [1.82, 2.24) is 5.32 Å². The van der Waals surface area contributed by atoms with Crippen LogP contribution in [-0.2, 0) is 14.3 Å². The van der Waals surface area contributed by atoms with E-state index in [1.54, 1.807) is 0 Å². The summed E-state index contributed by atoms with van der Waals surface area (Å²) in [5, 5.41) is 13.3. The standard InChI is InChI=1S/C14H26N2O5/c1-9(2)6-11(8-16(19)20)13(17)15-12(7-10(3)4)14(18)21-5/h9-12H,6-8H2,1-5H3,(H,15,17)/t11-,12-/m0/s1. The van der Waals surface area contributed by atoms with Crippen LogP contribution in [0.1, 0.15) is 40.5 Å². The predicted molar refractivity (Wildman–Crippen MR) is 78.2 cm³/mol. The molecule has 0 aromatic rings. The van der Waals surface area contributed by atoms with E-state index in [4.69, 9.17) is 0 Å². The number of nitro groups is 1. The van der Waals surface area contributed by atoms with Gasteiger partial charge in [0.15, 0.2) is 0 Å². The number of hydrogen-bond acceptors (Lipinski definition) is 5. The van der Waals surface area contributed by atoms with Gasteiger partial charge in [0.05, 0.1) is 7.11 Å². The Kier molecular flexibility index (Phi) is 8.57. The molecule has 0 aromatic heterocycles. The molecule has 0 heterocycles. The Balaban J connectivity index is 4.87. The molecule has 0 saturated carbocycles. The van der Waals surface area contributed by atoms with Crippen LogP contribution in [0.2, 0.25) is 0 Å². The van der Waals surface area contributed by atoms with Gasteiger partial charge in [-0.05, 0) is 24.7 Å². The van der Waals surface area contributed by atoms with Crippen molar-refractivity contribution in [2.45, 2.75) is 46.6 Å². The van der Waals surface area contributed by atoms with Crippen LogP contribution in [0.4, 0.5) is 0 Å². The van der Waals surface area contributed by atoms with Crippen molar-refractivity contribution >= 4 is 11.9 Å². The normalized spacial score (nSPS) is 13.9. The molecule has 0 saturated heterocycles. The highest BCUT2D eigenvalue weighted by Gasteiger charge is 2.30. The molecule has 0 spiro atoms. The van der Waals surface area contributed by atoms with Crippen molar-refractivity contribution in [3.8, 4) is 0 Å². The van der Waals surface area contributed by atoms with Gasteiger partial charge in [-0.1, -0.05) is 27.7 Å². The molecule has 7 nitrogen and oxygen atoms in total. The van der Waals surface area contributed by atoms with Gasteiger partial charge in [0.25, 0.3) is 0 Å². The van der Waals surface area contributed by atoms with Crippen molar-refractivity contribution < 1.29 is 19.2 Å². The lowest BCUT2D eigenvalue weighted by Gasteiger charge is -2.21. The largest absolute Gasteiger partial charge is 0.467 e. The highest BCUT2D eigenvalue weighted by Crippen LogP contribution is 2.14. The fraction of sp³-hybridized carbons (Fsp3) is 0.857. The molecule has 0 aliphatic heterocycles. The summed E-state index contributed by atoms with van der Waals surface area (Å²) in [6.45, 7) is 7.20. The minimum atomic E-state index is -0.760. The van der Waals surface area contributed by atoms with Crippen LogP contribution in [0.5, 0.6) is 0 Å². The number of amides is 1. The zero-order valence-corrected chi connectivity index (χ0v) is 13.4. The Morgan fingerprint density at radius 1 is 1.14 bits per heavy atom. The smallest absolute Gasteiger partial charge is 0.328 e. The molecule has 0 aromatic carbocycles. The number of ether oxygens (including phenoxy) is 1. The third-order valence-corrected chi connectivity index (χ3v) is 3.01. The van der Waals surface area contributed by atoms with Crippen LogP contribution < -0.4 is 5.32 Å². The van der Waals surface area contributed by atoms with Crippen molar-refractivity contribution in [3.63, 3.8) is 0 Å². The van der Waals surface area contributed by atoms with Crippen LogP contribution in [0.15, 0.2) is 0 Å². The third kappa shape index (κ3) is 8.27. The van der Waals surface area contributed by atoms with E-state index in [1.807, 2.05) is 27.7 Å². The maximum Gasteiger partial charge on any atom is 0.328 e. The van der Waals surface area contributed by atoms with E-state index in [0.29, 0.717) is 12.8 Å².